The van der Waals surface area contributed by atoms with E-state index in [1.54, 1.807) is 6.07 Å². The molecule has 1 aliphatic rings. The van der Waals surface area contributed by atoms with Crippen molar-refractivity contribution in [2.45, 2.75) is 31.2 Å². The van der Waals surface area contributed by atoms with Crippen molar-refractivity contribution in [1.29, 1.82) is 0 Å². The van der Waals surface area contributed by atoms with Gasteiger partial charge in [0.1, 0.15) is 11.6 Å². The lowest BCUT2D eigenvalue weighted by atomic mass is 9.95. The van der Waals surface area contributed by atoms with Crippen LogP contribution < -0.4 is 5.32 Å². The fourth-order valence-corrected chi connectivity index (χ4v) is 4.95. The number of thiophene rings is 1. The zero-order chi connectivity index (χ0) is 22.6. The van der Waals surface area contributed by atoms with Gasteiger partial charge in [-0.2, -0.15) is 0 Å². The molecule has 7 heteroatoms. The summed E-state index contributed by atoms with van der Waals surface area (Å²) in [6, 6.07) is 20.6. The predicted octanol–water partition coefficient (Wildman–Crippen LogP) is 4.64. The molecule has 2 aromatic carbocycles. The van der Waals surface area contributed by atoms with Gasteiger partial charge in [-0.3, -0.25) is 9.59 Å². The molecular formula is C26H25N3O3S. The van der Waals surface area contributed by atoms with Crippen molar-refractivity contribution in [3.8, 4) is 0 Å². The molecule has 4 aromatic rings. The maximum Gasteiger partial charge on any atom is 0.262 e. The van der Waals surface area contributed by atoms with Gasteiger partial charge in [-0.1, -0.05) is 48.5 Å². The fourth-order valence-electron chi connectivity index (χ4n) is 4.32. The van der Waals surface area contributed by atoms with Crippen LogP contribution in [0.1, 0.15) is 39.9 Å². The smallest absolute Gasteiger partial charge is 0.262 e. The Balaban J connectivity index is 1.27. The number of hydrogen-bond donors (Lipinski definition) is 1. The molecular weight excluding hydrogens is 434 g/mol. The first-order valence-corrected chi connectivity index (χ1v) is 12.1. The Bertz CT molecular complexity index is 1200. The number of nitrogens with one attached hydrogen (secondary N) is 1. The third-order valence-electron chi connectivity index (χ3n) is 6.10. The van der Waals surface area contributed by atoms with Crippen molar-refractivity contribution in [1.82, 2.24) is 15.2 Å². The highest BCUT2D eigenvalue weighted by Crippen LogP contribution is 2.30. The van der Waals surface area contributed by atoms with Gasteiger partial charge in [0.25, 0.3) is 5.91 Å². The molecule has 1 aliphatic heterocycles. The van der Waals surface area contributed by atoms with Gasteiger partial charge in [-0.15, -0.1) is 11.3 Å². The lowest BCUT2D eigenvalue weighted by molar-refractivity contribution is -0.134. The van der Waals surface area contributed by atoms with E-state index in [4.69, 9.17) is 4.42 Å². The quantitative estimate of drug-likeness (QED) is 0.456. The molecule has 0 aliphatic carbocycles. The Labute approximate surface area is 196 Å². The minimum Gasteiger partial charge on any atom is -0.440 e. The number of fused-ring (bicyclic) bond motifs is 1. The van der Waals surface area contributed by atoms with E-state index in [9.17, 15) is 9.59 Å². The Hall–Kier alpha value is -3.45. The normalized spacial score (nSPS) is 15.5. The molecule has 2 aromatic heterocycles. The van der Waals surface area contributed by atoms with E-state index in [1.807, 2.05) is 70.9 Å². The van der Waals surface area contributed by atoms with E-state index in [0.29, 0.717) is 24.4 Å². The summed E-state index contributed by atoms with van der Waals surface area (Å²) in [6.07, 6.45) is 2.03. The van der Waals surface area contributed by atoms with Gasteiger partial charge < -0.3 is 14.6 Å². The average molecular weight is 460 g/mol. The Morgan fingerprint density at radius 1 is 1.03 bits per heavy atom. The van der Waals surface area contributed by atoms with Gasteiger partial charge in [-0.05, 0) is 42.0 Å². The third kappa shape index (κ3) is 4.83. The molecule has 0 bridgehead atoms. The summed E-state index contributed by atoms with van der Waals surface area (Å²) >= 11 is 1.37. The van der Waals surface area contributed by atoms with Crippen LogP contribution >= 0.6 is 11.3 Å². The van der Waals surface area contributed by atoms with E-state index in [-0.39, 0.29) is 17.7 Å². The lowest BCUT2D eigenvalue weighted by Gasteiger charge is -2.33. The molecule has 1 atom stereocenters. The molecule has 0 spiro atoms. The van der Waals surface area contributed by atoms with E-state index in [2.05, 4.69) is 10.3 Å². The maximum atomic E-state index is 13.5. The van der Waals surface area contributed by atoms with Crippen molar-refractivity contribution in [3.05, 3.63) is 88.4 Å². The predicted molar refractivity (Wildman–Crippen MR) is 128 cm³/mol. The third-order valence-corrected chi connectivity index (χ3v) is 6.97. The van der Waals surface area contributed by atoms with Crippen molar-refractivity contribution < 1.29 is 14.0 Å². The Kier molecular flexibility index (Phi) is 6.21. The molecule has 0 unspecified atom stereocenters. The van der Waals surface area contributed by atoms with E-state index in [1.165, 1.54) is 11.3 Å². The molecule has 6 nitrogen and oxygen atoms in total. The molecule has 3 heterocycles. The number of amides is 2. The maximum absolute atomic E-state index is 13.5. The minimum atomic E-state index is -0.608. The standard InChI is InChI=1S/C26H25N3O3S/c30-24(23-11-6-16-33-23)27-21(17-18-7-2-1-3-8-18)26(31)29-14-12-19(13-15-29)25-28-20-9-4-5-10-22(20)32-25/h1-11,16,19,21H,12-15,17H2,(H,27,30)/t21-/m1/s1. The number of aromatic nitrogens is 1. The average Bonchev–Trinajstić information content (AvgIpc) is 3.54. The topological polar surface area (TPSA) is 75.4 Å². The van der Waals surface area contributed by atoms with Crippen molar-refractivity contribution in [2.75, 3.05) is 13.1 Å². The minimum absolute atomic E-state index is 0.0419. The van der Waals surface area contributed by atoms with Gasteiger partial charge in [0.05, 0.1) is 4.88 Å². The molecule has 1 N–H and O–H groups in total. The molecule has 1 fully saturated rings. The molecule has 168 valence electrons. The van der Waals surface area contributed by atoms with Crippen LogP contribution in [0.3, 0.4) is 0 Å². The second kappa shape index (κ2) is 9.58. The second-order valence-corrected chi connectivity index (χ2v) is 9.26. The summed E-state index contributed by atoms with van der Waals surface area (Å²) in [5.41, 5.74) is 2.68. The summed E-state index contributed by atoms with van der Waals surface area (Å²) in [4.78, 5) is 33.3. The summed E-state index contributed by atoms with van der Waals surface area (Å²) < 4.78 is 5.95. The van der Waals surface area contributed by atoms with Crippen molar-refractivity contribution >= 4 is 34.3 Å². The number of carbonyl (C=O) groups is 2. The monoisotopic (exact) mass is 459 g/mol. The van der Waals surface area contributed by atoms with Gasteiger partial charge in [0.2, 0.25) is 5.91 Å². The first kappa shape index (κ1) is 21.4. The number of rotatable bonds is 6. The molecule has 2 amide bonds. The van der Waals surface area contributed by atoms with Crippen LogP contribution in [0, 0.1) is 0 Å². The largest absolute Gasteiger partial charge is 0.440 e. The number of likely N-dealkylation sites (tertiary alicyclic amines) is 1. The first-order chi connectivity index (χ1) is 16.2. The number of benzene rings is 2. The number of para-hydroxylation sites is 2. The summed E-state index contributed by atoms with van der Waals surface area (Å²) in [6.45, 7) is 1.23. The number of nitrogens with zero attached hydrogens (tertiary/aromatic N) is 2. The van der Waals surface area contributed by atoms with Crippen LogP contribution in [0.15, 0.2) is 76.5 Å². The SMILES string of the molecule is O=C(N[C@H](Cc1ccccc1)C(=O)N1CCC(c2nc3ccccc3o2)CC1)c1cccs1. The number of hydrogen-bond acceptors (Lipinski definition) is 5. The van der Waals surface area contributed by atoms with Crippen LogP contribution in [0.25, 0.3) is 11.1 Å². The number of oxazole rings is 1. The van der Waals surface area contributed by atoms with Crippen LogP contribution in [0.5, 0.6) is 0 Å². The van der Waals surface area contributed by atoms with Gasteiger partial charge in [0.15, 0.2) is 11.5 Å². The molecule has 5 rings (SSSR count). The highest BCUT2D eigenvalue weighted by atomic mass is 32.1. The second-order valence-electron chi connectivity index (χ2n) is 8.31. The van der Waals surface area contributed by atoms with Crippen LogP contribution in [-0.4, -0.2) is 40.8 Å². The lowest BCUT2D eigenvalue weighted by Crippen LogP contribution is -2.51. The van der Waals surface area contributed by atoms with Gasteiger partial charge in [-0.25, -0.2) is 4.98 Å². The summed E-state index contributed by atoms with van der Waals surface area (Å²) in [5, 5.41) is 4.84. The molecule has 0 radical (unpaired) electrons. The molecule has 0 saturated carbocycles. The Morgan fingerprint density at radius 3 is 2.52 bits per heavy atom. The van der Waals surface area contributed by atoms with Crippen molar-refractivity contribution in [2.24, 2.45) is 0 Å². The molecule has 33 heavy (non-hydrogen) atoms. The number of carbonyl (C=O) groups excluding carboxylic acids is 2. The highest BCUT2D eigenvalue weighted by Gasteiger charge is 2.31. The molecule has 1 saturated heterocycles. The van der Waals surface area contributed by atoms with E-state index in [0.717, 1.165) is 35.4 Å². The fraction of sp³-hybridized carbons (Fsp3) is 0.269. The number of piperidine rings is 1. The van der Waals surface area contributed by atoms with Gasteiger partial charge >= 0.3 is 0 Å². The Morgan fingerprint density at radius 2 is 1.79 bits per heavy atom. The van der Waals surface area contributed by atoms with Gasteiger partial charge in [0, 0.05) is 25.4 Å². The van der Waals surface area contributed by atoms with Crippen LogP contribution in [0.2, 0.25) is 0 Å². The summed E-state index contributed by atoms with van der Waals surface area (Å²) in [7, 11) is 0. The summed E-state index contributed by atoms with van der Waals surface area (Å²) in [5.74, 6) is 0.685. The zero-order valence-corrected chi connectivity index (χ0v) is 19.0. The zero-order valence-electron chi connectivity index (χ0n) is 18.1. The van der Waals surface area contributed by atoms with E-state index < -0.39 is 6.04 Å². The highest BCUT2D eigenvalue weighted by molar-refractivity contribution is 7.12. The van der Waals surface area contributed by atoms with Crippen molar-refractivity contribution in [3.63, 3.8) is 0 Å². The first-order valence-electron chi connectivity index (χ1n) is 11.2. The van der Waals surface area contributed by atoms with Crippen LogP contribution in [0.4, 0.5) is 0 Å². The van der Waals surface area contributed by atoms with Crippen LogP contribution in [-0.2, 0) is 11.2 Å². The van der Waals surface area contributed by atoms with E-state index >= 15 is 0 Å².